The molecular weight excluding hydrogens is 212 g/mol. The predicted octanol–water partition coefficient (Wildman–Crippen LogP) is 2.81. The first kappa shape index (κ1) is 10.9. The molecule has 3 heteroatoms. The van der Waals surface area contributed by atoms with Crippen LogP contribution in [-0.2, 0) is 0 Å². The van der Waals surface area contributed by atoms with Gasteiger partial charge in [-0.3, -0.25) is 4.79 Å². The second-order valence-electron chi connectivity index (χ2n) is 5.34. The Morgan fingerprint density at radius 1 is 1.24 bits per heavy atom. The Labute approximate surface area is 102 Å². The smallest absolute Gasteiger partial charge is 0.270 e. The monoisotopic (exact) mass is 232 g/mol. The number of hydrogen-bond acceptors (Lipinski definition) is 1. The first-order valence-corrected chi connectivity index (χ1v) is 6.80. The summed E-state index contributed by atoms with van der Waals surface area (Å²) in [5, 5.41) is 0. The lowest BCUT2D eigenvalue weighted by molar-refractivity contribution is 0.0684. The van der Waals surface area contributed by atoms with E-state index in [4.69, 9.17) is 0 Å². The Hall–Kier alpha value is -1.25. The van der Waals surface area contributed by atoms with Gasteiger partial charge in [0.15, 0.2) is 0 Å². The van der Waals surface area contributed by atoms with Crippen LogP contribution in [0.1, 0.15) is 49.0 Å². The number of likely N-dealkylation sites (tertiary alicyclic amines) is 1. The van der Waals surface area contributed by atoms with Crippen LogP contribution in [0.4, 0.5) is 0 Å². The van der Waals surface area contributed by atoms with E-state index in [1.54, 1.807) is 0 Å². The van der Waals surface area contributed by atoms with Crippen LogP contribution in [0.5, 0.6) is 0 Å². The second kappa shape index (κ2) is 4.55. The van der Waals surface area contributed by atoms with Gasteiger partial charge >= 0.3 is 0 Å². The van der Waals surface area contributed by atoms with Gasteiger partial charge < -0.3 is 9.88 Å². The average Bonchev–Trinajstić information content (AvgIpc) is 3.09. The Bertz CT molecular complexity index is 379. The van der Waals surface area contributed by atoms with E-state index in [2.05, 4.69) is 9.88 Å². The van der Waals surface area contributed by atoms with E-state index in [-0.39, 0.29) is 5.91 Å². The first-order chi connectivity index (χ1) is 8.36. The number of amides is 1. The van der Waals surface area contributed by atoms with Crippen molar-refractivity contribution in [1.29, 1.82) is 0 Å². The second-order valence-corrected chi connectivity index (χ2v) is 5.34. The lowest BCUT2D eigenvalue weighted by Crippen LogP contribution is -2.39. The molecule has 2 aliphatic rings. The molecule has 1 aromatic heterocycles. The van der Waals surface area contributed by atoms with E-state index in [9.17, 15) is 4.79 Å². The van der Waals surface area contributed by atoms with Crippen LogP contribution in [0.15, 0.2) is 18.3 Å². The molecule has 2 fully saturated rings. The summed E-state index contributed by atoms with van der Waals surface area (Å²) in [7, 11) is 0. The van der Waals surface area contributed by atoms with Crippen LogP contribution in [0.2, 0.25) is 0 Å². The zero-order chi connectivity index (χ0) is 11.7. The van der Waals surface area contributed by atoms with Gasteiger partial charge in [-0.25, -0.2) is 0 Å². The maximum atomic E-state index is 12.4. The molecule has 1 aliphatic heterocycles. The van der Waals surface area contributed by atoms with Crippen LogP contribution in [0, 0.1) is 5.92 Å². The van der Waals surface area contributed by atoms with Crippen LogP contribution in [0.25, 0.3) is 0 Å². The fraction of sp³-hybridized carbons (Fsp3) is 0.643. The number of hydrogen-bond donors (Lipinski definition) is 1. The normalized spacial score (nSPS) is 25.6. The zero-order valence-corrected chi connectivity index (χ0v) is 10.2. The first-order valence-electron chi connectivity index (χ1n) is 6.80. The molecule has 0 bridgehead atoms. The van der Waals surface area contributed by atoms with Crippen LogP contribution < -0.4 is 0 Å². The summed E-state index contributed by atoms with van der Waals surface area (Å²) >= 11 is 0. The quantitative estimate of drug-likeness (QED) is 0.836. The number of rotatable bonds is 2. The zero-order valence-electron chi connectivity index (χ0n) is 10.2. The maximum Gasteiger partial charge on any atom is 0.270 e. The van der Waals surface area contributed by atoms with E-state index < -0.39 is 0 Å². The third kappa shape index (κ3) is 1.99. The Morgan fingerprint density at radius 2 is 2.06 bits per heavy atom. The molecule has 1 unspecified atom stereocenters. The SMILES string of the molecule is O=C(c1ccc[nH]1)N1CCCC1C1CCCC1. The number of nitrogens with zero attached hydrogens (tertiary/aromatic N) is 1. The van der Waals surface area contributed by atoms with E-state index in [1.165, 1.54) is 38.5 Å². The molecule has 1 saturated carbocycles. The van der Waals surface area contributed by atoms with Gasteiger partial charge in [-0.05, 0) is 43.7 Å². The molecule has 1 N–H and O–H groups in total. The molecule has 0 spiro atoms. The van der Waals surface area contributed by atoms with E-state index in [0.29, 0.717) is 6.04 Å². The fourth-order valence-electron chi connectivity index (χ4n) is 3.50. The van der Waals surface area contributed by atoms with E-state index >= 15 is 0 Å². The highest BCUT2D eigenvalue weighted by Crippen LogP contribution is 2.35. The van der Waals surface area contributed by atoms with Gasteiger partial charge in [0.05, 0.1) is 0 Å². The van der Waals surface area contributed by atoms with E-state index in [1.807, 2.05) is 18.3 Å². The minimum Gasteiger partial charge on any atom is -0.357 e. The summed E-state index contributed by atoms with van der Waals surface area (Å²) in [5.74, 6) is 0.959. The van der Waals surface area contributed by atoms with Crippen molar-refractivity contribution >= 4 is 5.91 Å². The molecule has 3 nitrogen and oxygen atoms in total. The summed E-state index contributed by atoms with van der Waals surface area (Å²) < 4.78 is 0. The molecule has 1 saturated heterocycles. The van der Waals surface area contributed by atoms with Crippen molar-refractivity contribution in [3.63, 3.8) is 0 Å². The third-order valence-corrected chi connectivity index (χ3v) is 4.33. The highest BCUT2D eigenvalue weighted by molar-refractivity contribution is 5.92. The van der Waals surface area contributed by atoms with Crippen molar-refractivity contribution in [3.8, 4) is 0 Å². The van der Waals surface area contributed by atoms with Crippen molar-refractivity contribution in [3.05, 3.63) is 24.0 Å². The third-order valence-electron chi connectivity index (χ3n) is 4.33. The number of carbonyl (C=O) groups is 1. The minimum absolute atomic E-state index is 0.199. The molecule has 3 rings (SSSR count). The molecule has 1 atom stereocenters. The van der Waals surface area contributed by atoms with Gasteiger partial charge in [-0.1, -0.05) is 12.8 Å². The van der Waals surface area contributed by atoms with Crippen LogP contribution in [-0.4, -0.2) is 28.4 Å². The van der Waals surface area contributed by atoms with Crippen molar-refractivity contribution in [2.75, 3.05) is 6.54 Å². The Morgan fingerprint density at radius 3 is 2.76 bits per heavy atom. The minimum atomic E-state index is 0.199. The molecular formula is C14H20N2O. The number of aromatic nitrogens is 1. The van der Waals surface area contributed by atoms with E-state index in [0.717, 1.165) is 18.2 Å². The van der Waals surface area contributed by atoms with Crippen molar-refractivity contribution in [1.82, 2.24) is 9.88 Å². The largest absolute Gasteiger partial charge is 0.357 e. The highest BCUT2D eigenvalue weighted by Gasteiger charge is 2.36. The standard InChI is InChI=1S/C14H20N2O/c17-14(12-7-3-9-15-12)16-10-4-8-13(16)11-5-1-2-6-11/h3,7,9,11,13,15H,1-2,4-6,8,10H2. The molecule has 0 radical (unpaired) electrons. The van der Waals surface area contributed by atoms with Crippen LogP contribution >= 0.6 is 0 Å². The highest BCUT2D eigenvalue weighted by atomic mass is 16.2. The van der Waals surface area contributed by atoms with Gasteiger partial charge in [-0.2, -0.15) is 0 Å². The summed E-state index contributed by atoms with van der Waals surface area (Å²) in [5.41, 5.74) is 0.745. The van der Waals surface area contributed by atoms with Gasteiger partial charge in [0.1, 0.15) is 5.69 Å². The molecule has 1 aromatic rings. The van der Waals surface area contributed by atoms with Crippen molar-refractivity contribution in [2.24, 2.45) is 5.92 Å². The average molecular weight is 232 g/mol. The molecule has 1 amide bonds. The lowest BCUT2D eigenvalue weighted by atomic mass is 9.96. The van der Waals surface area contributed by atoms with Gasteiger partial charge in [-0.15, -0.1) is 0 Å². The summed E-state index contributed by atoms with van der Waals surface area (Å²) in [6, 6.07) is 4.29. The number of nitrogens with one attached hydrogen (secondary N) is 1. The van der Waals surface area contributed by atoms with Crippen molar-refractivity contribution in [2.45, 2.75) is 44.6 Å². The molecule has 92 valence electrons. The molecule has 0 aromatic carbocycles. The number of aromatic amines is 1. The number of carbonyl (C=O) groups excluding carboxylic acids is 1. The Kier molecular flexibility index (Phi) is 2.91. The lowest BCUT2D eigenvalue weighted by Gasteiger charge is -2.29. The molecule has 2 heterocycles. The maximum absolute atomic E-state index is 12.4. The summed E-state index contributed by atoms with van der Waals surface area (Å²) in [6.07, 6.45) is 9.55. The number of H-pyrrole nitrogens is 1. The van der Waals surface area contributed by atoms with Gasteiger partial charge in [0, 0.05) is 18.8 Å². The van der Waals surface area contributed by atoms with Gasteiger partial charge in [0.25, 0.3) is 5.91 Å². The molecule has 1 aliphatic carbocycles. The van der Waals surface area contributed by atoms with Gasteiger partial charge in [0.2, 0.25) is 0 Å². The summed E-state index contributed by atoms with van der Waals surface area (Å²) in [6.45, 7) is 0.943. The summed E-state index contributed by atoms with van der Waals surface area (Å²) in [4.78, 5) is 17.5. The topological polar surface area (TPSA) is 36.1 Å². The Balaban J connectivity index is 1.75. The predicted molar refractivity (Wildman–Crippen MR) is 66.8 cm³/mol. The van der Waals surface area contributed by atoms with Crippen molar-refractivity contribution < 1.29 is 4.79 Å². The van der Waals surface area contributed by atoms with Crippen LogP contribution in [0.3, 0.4) is 0 Å². The fourth-order valence-corrected chi connectivity index (χ4v) is 3.50. The molecule has 17 heavy (non-hydrogen) atoms.